The lowest BCUT2D eigenvalue weighted by Crippen LogP contribution is -2.29. The zero-order valence-electron chi connectivity index (χ0n) is 16.5. The van der Waals surface area contributed by atoms with Gasteiger partial charge < -0.3 is 9.67 Å². The third kappa shape index (κ3) is 5.51. The maximum absolute atomic E-state index is 12.7. The molecule has 0 amide bonds. The van der Waals surface area contributed by atoms with Crippen molar-refractivity contribution in [3.63, 3.8) is 0 Å². The molecule has 1 aromatic heterocycles. The minimum absolute atomic E-state index is 0.0793. The summed E-state index contributed by atoms with van der Waals surface area (Å²) in [6.45, 7) is 1.59. The van der Waals surface area contributed by atoms with Gasteiger partial charge in [-0.1, -0.05) is 65.7 Å². The molecule has 0 bridgehead atoms. The van der Waals surface area contributed by atoms with Crippen LogP contribution in [0.4, 0.5) is 0 Å². The summed E-state index contributed by atoms with van der Waals surface area (Å²) in [6.07, 6.45) is 0.547. The zero-order valence-corrected chi connectivity index (χ0v) is 18.0. The van der Waals surface area contributed by atoms with Crippen LogP contribution in [0.5, 0.6) is 0 Å². The van der Waals surface area contributed by atoms with Crippen LogP contribution in [0.1, 0.15) is 27.2 Å². The van der Waals surface area contributed by atoms with Crippen molar-refractivity contribution < 1.29 is 9.90 Å². The molecule has 3 aromatic rings. The quantitative estimate of drug-likeness (QED) is 0.545. The van der Waals surface area contributed by atoms with E-state index < -0.39 is 5.97 Å². The number of hydrogen-bond acceptors (Lipinski definition) is 3. The van der Waals surface area contributed by atoms with Gasteiger partial charge in [0.1, 0.15) is 5.02 Å². The Morgan fingerprint density at radius 2 is 1.63 bits per heavy atom. The zero-order chi connectivity index (χ0) is 21.7. The van der Waals surface area contributed by atoms with Crippen LogP contribution in [0.3, 0.4) is 0 Å². The molecule has 156 valence electrons. The fraction of sp³-hybridized carbons (Fsp3) is 0.217. The molecule has 5 nitrogen and oxygen atoms in total. The van der Waals surface area contributed by atoms with E-state index in [0.717, 1.165) is 11.1 Å². The fourth-order valence-corrected chi connectivity index (χ4v) is 3.83. The molecule has 0 radical (unpaired) electrons. The number of aromatic nitrogens is 1. The number of carboxylic acid groups (broad SMARTS) is 1. The standard InChI is InChI=1S/C23H22Cl2N2O3/c1-26(14-17-5-3-2-4-6-17)15-21-19(24)13-20(25)22(28)27(21)12-11-16-7-9-18(10-8-16)23(29)30/h2-10,13H,11-12,14-15H2,1H3,(H,29,30). The molecule has 7 heteroatoms. The molecule has 3 rings (SSSR count). The van der Waals surface area contributed by atoms with Crippen molar-refractivity contribution in [2.24, 2.45) is 0 Å². The average Bonchev–Trinajstić information content (AvgIpc) is 2.72. The predicted octanol–water partition coefficient (Wildman–Crippen LogP) is 4.73. The molecule has 0 aliphatic carbocycles. The van der Waals surface area contributed by atoms with Crippen LogP contribution in [-0.4, -0.2) is 27.6 Å². The number of carboxylic acids is 1. The Kier molecular flexibility index (Phi) is 7.32. The van der Waals surface area contributed by atoms with Gasteiger partial charge in [0.2, 0.25) is 0 Å². The van der Waals surface area contributed by atoms with Gasteiger partial charge in [0, 0.05) is 19.6 Å². The first-order chi connectivity index (χ1) is 14.3. The van der Waals surface area contributed by atoms with Crippen LogP contribution in [0.15, 0.2) is 65.5 Å². The van der Waals surface area contributed by atoms with Gasteiger partial charge in [-0.15, -0.1) is 0 Å². The van der Waals surface area contributed by atoms with E-state index in [1.165, 1.54) is 6.07 Å². The number of halogens is 2. The SMILES string of the molecule is CN(Cc1ccccc1)Cc1c(Cl)cc(Cl)c(=O)n1CCc1ccc(C(=O)O)cc1. The number of aryl methyl sites for hydroxylation is 1. The minimum atomic E-state index is -0.969. The lowest BCUT2D eigenvalue weighted by Gasteiger charge is -2.21. The average molecular weight is 445 g/mol. The van der Waals surface area contributed by atoms with Crippen LogP contribution >= 0.6 is 23.2 Å². The first kappa shape index (κ1) is 22.1. The molecule has 0 spiro atoms. The molecular formula is C23H22Cl2N2O3. The second kappa shape index (κ2) is 9.94. The van der Waals surface area contributed by atoms with Crippen LogP contribution in [0.2, 0.25) is 10.0 Å². The van der Waals surface area contributed by atoms with Crippen molar-refractivity contribution in [3.05, 3.63) is 103 Å². The summed E-state index contributed by atoms with van der Waals surface area (Å²) >= 11 is 12.6. The first-order valence-corrected chi connectivity index (χ1v) is 10.2. The van der Waals surface area contributed by atoms with Gasteiger partial charge in [0.25, 0.3) is 5.56 Å². The van der Waals surface area contributed by atoms with Crippen molar-refractivity contribution in [2.45, 2.75) is 26.1 Å². The second-order valence-corrected chi connectivity index (χ2v) is 7.97. The largest absolute Gasteiger partial charge is 0.478 e. The maximum Gasteiger partial charge on any atom is 0.335 e. The van der Waals surface area contributed by atoms with Gasteiger partial charge >= 0.3 is 5.97 Å². The molecule has 1 heterocycles. The van der Waals surface area contributed by atoms with E-state index in [4.69, 9.17) is 28.3 Å². The van der Waals surface area contributed by atoms with Crippen LogP contribution < -0.4 is 5.56 Å². The number of carbonyl (C=O) groups is 1. The normalized spacial score (nSPS) is 11.1. The highest BCUT2D eigenvalue weighted by atomic mass is 35.5. The van der Waals surface area contributed by atoms with E-state index in [2.05, 4.69) is 4.90 Å². The van der Waals surface area contributed by atoms with E-state index in [1.807, 2.05) is 37.4 Å². The van der Waals surface area contributed by atoms with E-state index in [-0.39, 0.29) is 16.1 Å². The number of nitrogens with zero attached hydrogens (tertiary/aromatic N) is 2. The summed E-state index contributed by atoms with van der Waals surface area (Å²) in [7, 11) is 1.97. The molecule has 0 saturated heterocycles. The molecule has 0 saturated carbocycles. The number of benzene rings is 2. The molecule has 2 aromatic carbocycles. The first-order valence-electron chi connectivity index (χ1n) is 9.47. The highest BCUT2D eigenvalue weighted by Crippen LogP contribution is 2.21. The van der Waals surface area contributed by atoms with Crippen molar-refractivity contribution in [1.29, 1.82) is 0 Å². The van der Waals surface area contributed by atoms with E-state index in [1.54, 1.807) is 28.8 Å². The number of pyridine rings is 1. The summed E-state index contributed by atoms with van der Waals surface area (Å²) in [5, 5.41) is 9.55. The highest BCUT2D eigenvalue weighted by Gasteiger charge is 2.15. The van der Waals surface area contributed by atoms with Crippen molar-refractivity contribution in [2.75, 3.05) is 7.05 Å². The molecule has 0 aliphatic heterocycles. The summed E-state index contributed by atoms with van der Waals surface area (Å²) in [5.74, 6) is -0.969. The summed E-state index contributed by atoms with van der Waals surface area (Å²) in [4.78, 5) is 25.8. The van der Waals surface area contributed by atoms with Gasteiger partial charge in [-0.05, 0) is 42.8 Å². The third-order valence-electron chi connectivity index (χ3n) is 4.84. The Labute approximate surface area is 185 Å². The monoisotopic (exact) mass is 444 g/mol. The van der Waals surface area contributed by atoms with E-state index in [9.17, 15) is 9.59 Å². The van der Waals surface area contributed by atoms with Crippen LogP contribution in [0.25, 0.3) is 0 Å². The Balaban J connectivity index is 1.80. The minimum Gasteiger partial charge on any atom is -0.478 e. The van der Waals surface area contributed by atoms with Crippen molar-refractivity contribution in [3.8, 4) is 0 Å². The lowest BCUT2D eigenvalue weighted by molar-refractivity contribution is 0.0697. The van der Waals surface area contributed by atoms with Gasteiger partial charge in [-0.25, -0.2) is 4.79 Å². The molecule has 0 atom stereocenters. The maximum atomic E-state index is 12.7. The number of hydrogen-bond donors (Lipinski definition) is 1. The van der Waals surface area contributed by atoms with Crippen molar-refractivity contribution in [1.82, 2.24) is 9.47 Å². The second-order valence-electron chi connectivity index (χ2n) is 7.15. The predicted molar refractivity (Wildman–Crippen MR) is 119 cm³/mol. The van der Waals surface area contributed by atoms with Crippen LogP contribution in [0, 0.1) is 0 Å². The summed E-state index contributed by atoms with van der Waals surface area (Å²) < 4.78 is 1.61. The fourth-order valence-electron chi connectivity index (χ4n) is 3.30. The summed E-state index contributed by atoms with van der Waals surface area (Å²) in [5.41, 5.74) is 2.73. The highest BCUT2D eigenvalue weighted by molar-refractivity contribution is 6.34. The van der Waals surface area contributed by atoms with Crippen molar-refractivity contribution >= 4 is 29.2 Å². The number of rotatable bonds is 8. The molecule has 0 unspecified atom stereocenters. The van der Waals surface area contributed by atoms with Crippen LogP contribution in [-0.2, 0) is 26.1 Å². The van der Waals surface area contributed by atoms with Gasteiger partial charge in [-0.3, -0.25) is 9.69 Å². The molecule has 1 N–H and O–H groups in total. The Morgan fingerprint density at radius 1 is 0.967 bits per heavy atom. The van der Waals surface area contributed by atoms with Gasteiger partial charge in [0.15, 0.2) is 0 Å². The Morgan fingerprint density at radius 3 is 2.27 bits per heavy atom. The number of aromatic carboxylic acids is 1. The summed E-state index contributed by atoms with van der Waals surface area (Å²) in [6, 6.07) is 18.2. The smallest absolute Gasteiger partial charge is 0.335 e. The van der Waals surface area contributed by atoms with E-state index >= 15 is 0 Å². The molecule has 0 fully saturated rings. The third-order valence-corrected chi connectivity index (χ3v) is 5.44. The molecule has 30 heavy (non-hydrogen) atoms. The molecule has 0 aliphatic rings. The molecular weight excluding hydrogens is 423 g/mol. The Hall–Kier alpha value is -2.60. The lowest BCUT2D eigenvalue weighted by atomic mass is 10.1. The van der Waals surface area contributed by atoms with Gasteiger partial charge in [0.05, 0.1) is 16.3 Å². The Bertz CT molecular complexity index is 1080. The van der Waals surface area contributed by atoms with E-state index in [0.29, 0.717) is 36.8 Å². The van der Waals surface area contributed by atoms with Gasteiger partial charge in [-0.2, -0.15) is 0 Å². The topological polar surface area (TPSA) is 62.5 Å².